The standard InChI is InChI=1S/C11H3F5OS/c12-6-5(11(17)4-2-1-3-18-4)7(13)9(15)10(16)8(6)14/h1-3H. The first-order valence-corrected chi connectivity index (χ1v) is 5.42. The van der Waals surface area contributed by atoms with Crippen molar-refractivity contribution in [1.29, 1.82) is 0 Å². The van der Waals surface area contributed by atoms with Crippen molar-refractivity contribution in [2.75, 3.05) is 0 Å². The van der Waals surface area contributed by atoms with Gasteiger partial charge in [0.2, 0.25) is 11.6 Å². The van der Waals surface area contributed by atoms with Crippen LogP contribution in [0.2, 0.25) is 0 Å². The number of halogens is 5. The van der Waals surface area contributed by atoms with Crippen molar-refractivity contribution in [2.45, 2.75) is 0 Å². The third-order valence-electron chi connectivity index (χ3n) is 2.18. The first kappa shape index (κ1) is 12.7. The maximum absolute atomic E-state index is 13.3. The number of rotatable bonds is 2. The van der Waals surface area contributed by atoms with E-state index in [1.165, 1.54) is 17.5 Å². The fraction of sp³-hybridized carbons (Fsp3) is 0. The van der Waals surface area contributed by atoms with Gasteiger partial charge in [0.1, 0.15) is 5.56 Å². The molecule has 1 nitrogen and oxygen atoms in total. The van der Waals surface area contributed by atoms with Crippen molar-refractivity contribution in [2.24, 2.45) is 0 Å². The first-order valence-electron chi connectivity index (χ1n) is 4.54. The molecule has 1 heterocycles. The largest absolute Gasteiger partial charge is 0.287 e. The van der Waals surface area contributed by atoms with E-state index >= 15 is 0 Å². The molecular formula is C11H3F5OS. The molecule has 2 aromatic rings. The summed E-state index contributed by atoms with van der Waals surface area (Å²) in [5, 5.41) is 1.44. The van der Waals surface area contributed by atoms with Crippen molar-refractivity contribution in [1.82, 2.24) is 0 Å². The molecule has 0 bridgehead atoms. The SMILES string of the molecule is O=C(c1cccs1)c1c(F)c(F)c(F)c(F)c1F. The van der Waals surface area contributed by atoms with Gasteiger partial charge in [-0.2, -0.15) is 0 Å². The highest BCUT2D eigenvalue weighted by atomic mass is 32.1. The second-order valence-corrected chi connectivity index (χ2v) is 4.20. The molecule has 1 aromatic heterocycles. The van der Waals surface area contributed by atoms with Crippen LogP contribution in [0.15, 0.2) is 17.5 Å². The summed E-state index contributed by atoms with van der Waals surface area (Å²) >= 11 is 0.838. The molecule has 0 unspecified atom stereocenters. The van der Waals surface area contributed by atoms with E-state index < -0.39 is 40.4 Å². The summed E-state index contributed by atoms with van der Waals surface area (Å²) in [6.45, 7) is 0. The third kappa shape index (κ3) is 1.80. The molecule has 0 fully saturated rings. The highest BCUT2D eigenvalue weighted by Gasteiger charge is 2.30. The van der Waals surface area contributed by atoms with Crippen LogP contribution >= 0.6 is 11.3 Å². The van der Waals surface area contributed by atoms with Crippen molar-refractivity contribution >= 4 is 17.1 Å². The molecule has 0 spiro atoms. The van der Waals surface area contributed by atoms with Crippen LogP contribution in [-0.4, -0.2) is 5.78 Å². The minimum absolute atomic E-state index is 0.113. The molecule has 0 N–H and O–H groups in total. The normalized spacial score (nSPS) is 10.7. The molecule has 0 aliphatic heterocycles. The highest BCUT2D eigenvalue weighted by Crippen LogP contribution is 2.26. The number of hydrogen-bond donors (Lipinski definition) is 0. The maximum atomic E-state index is 13.3. The van der Waals surface area contributed by atoms with Gasteiger partial charge in [0.15, 0.2) is 23.3 Å². The molecule has 0 aliphatic carbocycles. The van der Waals surface area contributed by atoms with Gasteiger partial charge < -0.3 is 0 Å². The van der Waals surface area contributed by atoms with Gasteiger partial charge in [-0.25, -0.2) is 22.0 Å². The number of ketones is 1. The number of carbonyl (C=O) groups is 1. The molecule has 2 rings (SSSR count). The zero-order valence-corrected chi connectivity index (χ0v) is 9.25. The fourth-order valence-corrected chi connectivity index (χ4v) is 2.01. The van der Waals surface area contributed by atoms with Crippen LogP contribution in [0, 0.1) is 29.1 Å². The zero-order valence-electron chi connectivity index (χ0n) is 8.44. The van der Waals surface area contributed by atoms with Crippen LogP contribution in [0.25, 0.3) is 0 Å². The lowest BCUT2D eigenvalue weighted by atomic mass is 10.1. The van der Waals surface area contributed by atoms with E-state index in [-0.39, 0.29) is 4.88 Å². The Bertz CT molecular complexity index is 592. The summed E-state index contributed by atoms with van der Waals surface area (Å²) in [5.74, 6) is -12.0. The number of hydrogen-bond acceptors (Lipinski definition) is 2. The van der Waals surface area contributed by atoms with Crippen LogP contribution in [0.1, 0.15) is 15.2 Å². The van der Waals surface area contributed by atoms with Gasteiger partial charge in [0.05, 0.1) is 4.88 Å². The Balaban J connectivity index is 2.69. The lowest BCUT2D eigenvalue weighted by Crippen LogP contribution is -2.12. The lowest BCUT2D eigenvalue weighted by molar-refractivity contribution is 0.103. The Labute approximate surface area is 101 Å². The van der Waals surface area contributed by atoms with E-state index in [0.29, 0.717) is 0 Å². The van der Waals surface area contributed by atoms with Crippen molar-refractivity contribution in [3.05, 3.63) is 57.0 Å². The number of thiophene rings is 1. The van der Waals surface area contributed by atoms with Crippen LogP contribution in [0.4, 0.5) is 22.0 Å². The Hall–Kier alpha value is -1.76. The van der Waals surface area contributed by atoms with Crippen LogP contribution in [-0.2, 0) is 0 Å². The number of benzene rings is 1. The minimum atomic E-state index is -2.28. The predicted molar refractivity (Wildman–Crippen MR) is 54.0 cm³/mol. The van der Waals surface area contributed by atoms with Crippen molar-refractivity contribution in [3.8, 4) is 0 Å². The maximum Gasteiger partial charge on any atom is 0.209 e. The van der Waals surface area contributed by atoms with E-state index in [9.17, 15) is 26.7 Å². The predicted octanol–water partition coefficient (Wildman–Crippen LogP) is 3.67. The quantitative estimate of drug-likeness (QED) is 0.354. The third-order valence-corrected chi connectivity index (χ3v) is 3.05. The van der Waals surface area contributed by atoms with Gasteiger partial charge in [-0.05, 0) is 11.4 Å². The number of carbonyl (C=O) groups excluding carboxylic acids is 1. The summed E-state index contributed by atoms with van der Waals surface area (Å²) in [6, 6.07) is 2.65. The molecule has 0 saturated carbocycles. The average molecular weight is 278 g/mol. The molecule has 0 radical (unpaired) electrons. The lowest BCUT2D eigenvalue weighted by Gasteiger charge is -2.06. The summed E-state index contributed by atoms with van der Waals surface area (Å²) in [5.41, 5.74) is -1.44. The first-order chi connectivity index (χ1) is 8.45. The van der Waals surface area contributed by atoms with E-state index in [1.54, 1.807) is 0 Å². The molecule has 0 aliphatic rings. The van der Waals surface area contributed by atoms with Gasteiger partial charge >= 0.3 is 0 Å². The van der Waals surface area contributed by atoms with Gasteiger partial charge in [-0.15, -0.1) is 11.3 Å². The average Bonchev–Trinajstić information content (AvgIpc) is 2.88. The summed E-state index contributed by atoms with van der Waals surface area (Å²) in [4.78, 5) is 11.5. The van der Waals surface area contributed by atoms with Gasteiger partial charge in [0, 0.05) is 0 Å². The van der Waals surface area contributed by atoms with Crippen LogP contribution in [0.3, 0.4) is 0 Å². The van der Waals surface area contributed by atoms with Crippen molar-refractivity contribution < 1.29 is 26.7 Å². The monoisotopic (exact) mass is 278 g/mol. The van der Waals surface area contributed by atoms with Gasteiger partial charge in [0.25, 0.3) is 0 Å². The second-order valence-electron chi connectivity index (χ2n) is 3.25. The Kier molecular flexibility index (Phi) is 3.16. The molecule has 0 saturated heterocycles. The summed E-state index contributed by atoms with van der Waals surface area (Å²) < 4.78 is 65.2. The summed E-state index contributed by atoms with van der Waals surface area (Å²) in [7, 11) is 0. The van der Waals surface area contributed by atoms with E-state index in [1.807, 2.05) is 0 Å². The zero-order chi connectivity index (χ0) is 13.4. The van der Waals surface area contributed by atoms with Gasteiger partial charge in [-0.3, -0.25) is 4.79 Å². The summed E-state index contributed by atoms with van der Waals surface area (Å²) in [6.07, 6.45) is 0. The molecule has 7 heteroatoms. The molecule has 94 valence electrons. The Morgan fingerprint density at radius 3 is 1.83 bits per heavy atom. The Morgan fingerprint density at radius 1 is 0.889 bits per heavy atom. The molecular weight excluding hydrogens is 275 g/mol. The smallest absolute Gasteiger partial charge is 0.209 e. The van der Waals surface area contributed by atoms with E-state index in [0.717, 1.165) is 11.3 Å². The minimum Gasteiger partial charge on any atom is -0.287 e. The van der Waals surface area contributed by atoms with E-state index in [2.05, 4.69) is 0 Å². The van der Waals surface area contributed by atoms with Gasteiger partial charge in [-0.1, -0.05) is 6.07 Å². The van der Waals surface area contributed by atoms with Crippen LogP contribution < -0.4 is 0 Å². The van der Waals surface area contributed by atoms with E-state index in [4.69, 9.17) is 0 Å². The molecule has 0 amide bonds. The molecule has 0 atom stereocenters. The molecule has 1 aromatic carbocycles. The highest BCUT2D eigenvalue weighted by molar-refractivity contribution is 7.12. The second kappa shape index (κ2) is 4.49. The topological polar surface area (TPSA) is 17.1 Å². The fourth-order valence-electron chi connectivity index (χ4n) is 1.34. The van der Waals surface area contributed by atoms with Crippen molar-refractivity contribution in [3.63, 3.8) is 0 Å². The molecule has 18 heavy (non-hydrogen) atoms. The Morgan fingerprint density at radius 2 is 1.39 bits per heavy atom. The van der Waals surface area contributed by atoms with Crippen LogP contribution in [0.5, 0.6) is 0 Å².